The summed E-state index contributed by atoms with van der Waals surface area (Å²) >= 11 is 3.25. The van der Waals surface area contributed by atoms with E-state index >= 15 is 0 Å². The zero-order chi connectivity index (χ0) is 10.3. The first-order chi connectivity index (χ1) is 6.09. The zero-order valence-corrected chi connectivity index (χ0v) is 9.76. The summed E-state index contributed by atoms with van der Waals surface area (Å²) in [4.78, 5) is 15.9. The van der Waals surface area contributed by atoms with Gasteiger partial charge < -0.3 is 4.74 Å². The van der Waals surface area contributed by atoms with Gasteiger partial charge in [-0.15, -0.1) is 0 Å². The minimum Gasteiger partial charge on any atom is -0.382 e. The van der Waals surface area contributed by atoms with E-state index in [2.05, 4.69) is 21.4 Å². The minimum atomic E-state index is -0.213. The highest BCUT2D eigenvalue weighted by molar-refractivity contribution is 9.10. The predicted molar refractivity (Wildman–Crippen MR) is 53.5 cm³/mol. The number of nitrogens with one attached hydrogen (secondary N) is 1. The van der Waals surface area contributed by atoms with Crippen LogP contribution in [0.3, 0.4) is 0 Å². The molecule has 0 radical (unpaired) electrons. The summed E-state index contributed by atoms with van der Waals surface area (Å²) in [5, 5.41) is 0. The van der Waals surface area contributed by atoms with Crippen molar-refractivity contribution in [3.63, 3.8) is 0 Å². The second-order valence-electron chi connectivity index (χ2n) is 2.95. The first-order valence-electron chi connectivity index (χ1n) is 4.14. The molecular formula is C8H16BrNO3. The van der Waals surface area contributed by atoms with E-state index in [1.807, 2.05) is 13.8 Å². The number of methoxy groups -OCH3 is 1. The van der Waals surface area contributed by atoms with Gasteiger partial charge in [0.25, 0.3) is 5.91 Å². The van der Waals surface area contributed by atoms with Crippen LogP contribution in [-0.4, -0.2) is 31.1 Å². The van der Waals surface area contributed by atoms with Gasteiger partial charge in [0.1, 0.15) is 0 Å². The molecule has 0 aromatic heterocycles. The van der Waals surface area contributed by atoms with Crippen molar-refractivity contribution >= 4 is 21.8 Å². The predicted octanol–water partition coefficient (Wildman–Crippen LogP) is 1.10. The smallest absolute Gasteiger partial charge is 0.257 e. The van der Waals surface area contributed by atoms with E-state index in [1.54, 1.807) is 7.11 Å². The van der Waals surface area contributed by atoms with Crippen molar-refractivity contribution in [2.75, 3.05) is 20.3 Å². The summed E-state index contributed by atoms with van der Waals surface area (Å²) in [6, 6.07) is 0. The van der Waals surface area contributed by atoms with Crippen molar-refractivity contribution in [1.29, 1.82) is 0 Å². The van der Waals surface area contributed by atoms with Gasteiger partial charge in [0.2, 0.25) is 0 Å². The molecule has 0 aromatic rings. The first kappa shape index (κ1) is 12.9. The summed E-state index contributed by atoms with van der Waals surface area (Å²) in [6.07, 6.45) is 0. The standard InChI is InChI=1S/C8H16BrNO3/c1-6(2)7(9)8(11)10-13-5-4-12-3/h6-7H,4-5H2,1-3H3,(H,10,11). The van der Waals surface area contributed by atoms with Crippen molar-refractivity contribution in [3.8, 4) is 0 Å². The number of alkyl halides is 1. The normalized spacial score (nSPS) is 13.0. The number of amides is 1. The Balaban J connectivity index is 3.50. The maximum Gasteiger partial charge on any atom is 0.257 e. The molecule has 4 nitrogen and oxygen atoms in total. The average Bonchev–Trinajstić information content (AvgIpc) is 2.10. The number of hydroxylamine groups is 1. The lowest BCUT2D eigenvalue weighted by molar-refractivity contribution is -0.134. The monoisotopic (exact) mass is 253 g/mol. The third-order valence-electron chi connectivity index (χ3n) is 1.40. The Bertz CT molecular complexity index is 152. The maximum absolute atomic E-state index is 11.2. The zero-order valence-electron chi connectivity index (χ0n) is 8.17. The molecule has 78 valence electrons. The molecule has 0 aliphatic carbocycles. The van der Waals surface area contributed by atoms with E-state index in [1.165, 1.54) is 0 Å². The number of carbonyl (C=O) groups excluding carboxylic acids is 1. The molecule has 0 aliphatic rings. The van der Waals surface area contributed by atoms with E-state index < -0.39 is 0 Å². The fourth-order valence-electron chi connectivity index (χ4n) is 0.606. The molecule has 13 heavy (non-hydrogen) atoms. The SMILES string of the molecule is COCCONC(=O)C(Br)C(C)C. The average molecular weight is 254 g/mol. The van der Waals surface area contributed by atoms with E-state index in [-0.39, 0.29) is 16.7 Å². The number of rotatable bonds is 6. The highest BCUT2D eigenvalue weighted by Crippen LogP contribution is 2.11. The van der Waals surface area contributed by atoms with Crippen LogP contribution in [0.15, 0.2) is 0 Å². The third-order valence-corrected chi connectivity index (χ3v) is 2.87. The van der Waals surface area contributed by atoms with Crippen LogP contribution in [-0.2, 0) is 14.4 Å². The van der Waals surface area contributed by atoms with Crippen LogP contribution in [0.2, 0.25) is 0 Å². The fraction of sp³-hybridized carbons (Fsp3) is 0.875. The van der Waals surface area contributed by atoms with Crippen molar-refractivity contribution in [3.05, 3.63) is 0 Å². The lowest BCUT2D eigenvalue weighted by Gasteiger charge is -2.13. The lowest BCUT2D eigenvalue weighted by Crippen LogP contribution is -2.34. The summed E-state index contributed by atoms with van der Waals surface area (Å²) in [5.74, 6) is 0.0807. The van der Waals surface area contributed by atoms with Crippen molar-refractivity contribution in [2.24, 2.45) is 5.92 Å². The van der Waals surface area contributed by atoms with Gasteiger partial charge >= 0.3 is 0 Å². The lowest BCUT2D eigenvalue weighted by atomic mass is 10.1. The van der Waals surface area contributed by atoms with Crippen molar-refractivity contribution in [2.45, 2.75) is 18.7 Å². The van der Waals surface area contributed by atoms with Crippen LogP contribution in [0.5, 0.6) is 0 Å². The Morgan fingerprint density at radius 1 is 1.46 bits per heavy atom. The molecule has 1 amide bonds. The third kappa shape index (κ3) is 6.01. The van der Waals surface area contributed by atoms with E-state index in [4.69, 9.17) is 9.57 Å². The minimum absolute atomic E-state index is 0.161. The molecule has 0 aliphatic heterocycles. The number of ether oxygens (including phenoxy) is 1. The fourth-order valence-corrected chi connectivity index (χ4v) is 0.700. The van der Waals surface area contributed by atoms with Crippen LogP contribution >= 0.6 is 15.9 Å². The van der Waals surface area contributed by atoms with Gasteiger partial charge in [-0.3, -0.25) is 9.63 Å². The number of carbonyl (C=O) groups is 1. The molecule has 0 heterocycles. The molecule has 1 N–H and O–H groups in total. The van der Waals surface area contributed by atoms with Gasteiger partial charge in [-0.25, -0.2) is 5.48 Å². The highest BCUT2D eigenvalue weighted by Gasteiger charge is 2.18. The first-order valence-corrected chi connectivity index (χ1v) is 5.05. The van der Waals surface area contributed by atoms with E-state index in [0.29, 0.717) is 13.2 Å². The summed E-state index contributed by atoms with van der Waals surface area (Å²) < 4.78 is 4.74. The molecule has 1 unspecified atom stereocenters. The maximum atomic E-state index is 11.2. The van der Waals surface area contributed by atoms with Crippen molar-refractivity contribution in [1.82, 2.24) is 5.48 Å². The molecule has 0 bridgehead atoms. The molecule has 0 rings (SSSR count). The number of hydrogen-bond acceptors (Lipinski definition) is 3. The Labute approximate surface area is 87.1 Å². The number of hydrogen-bond donors (Lipinski definition) is 1. The molecule has 0 saturated heterocycles. The van der Waals surface area contributed by atoms with Gasteiger partial charge in [0.05, 0.1) is 18.0 Å². The molecule has 0 saturated carbocycles. The van der Waals surface area contributed by atoms with Gasteiger partial charge in [0.15, 0.2) is 0 Å². The van der Waals surface area contributed by atoms with Gasteiger partial charge in [-0.2, -0.15) is 0 Å². The van der Waals surface area contributed by atoms with E-state index in [0.717, 1.165) is 0 Å². The highest BCUT2D eigenvalue weighted by atomic mass is 79.9. The molecular weight excluding hydrogens is 238 g/mol. The Hall–Kier alpha value is -0.130. The van der Waals surface area contributed by atoms with Crippen LogP contribution in [0, 0.1) is 5.92 Å². The molecule has 1 atom stereocenters. The molecule has 0 fully saturated rings. The van der Waals surface area contributed by atoms with Crippen LogP contribution in [0.25, 0.3) is 0 Å². The van der Waals surface area contributed by atoms with Crippen molar-refractivity contribution < 1.29 is 14.4 Å². The quantitative estimate of drug-likeness (QED) is 0.438. The summed E-state index contributed by atoms with van der Waals surface area (Å²) in [6.45, 7) is 4.73. The largest absolute Gasteiger partial charge is 0.382 e. The van der Waals surface area contributed by atoms with Gasteiger partial charge in [0, 0.05) is 7.11 Å². The Kier molecular flexibility index (Phi) is 7.22. The Morgan fingerprint density at radius 3 is 2.54 bits per heavy atom. The molecule has 0 aromatic carbocycles. The van der Waals surface area contributed by atoms with Crippen LogP contribution in [0.1, 0.15) is 13.8 Å². The van der Waals surface area contributed by atoms with Gasteiger partial charge in [-0.1, -0.05) is 29.8 Å². The topological polar surface area (TPSA) is 47.6 Å². The van der Waals surface area contributed by atoms with Gasteiger partial charge in [-0.05, 0) is 5.92 Å². The summed E-state index contributed by atoms with van der Waals surface area (Å²) in [5.41, 5.74) is 2.33. The second-order valence-corrected chi connectivity index (χ2v) is 3.94. The second kappa shape index (κ2) is 7.29. The molecule has 0 spiro atoms. The molecule has 5 heteroatoms. The van der Waals surface area contributed by atoms with Crippen LogP contribution in [0.4, 0.5) is 0 Å². The Morgan fingerprint density at radius 2 is 2.08 bits per heavy atom. The number of halogens is 1. The summed E-state index contributed by atoms with van der Waals surface area (Å²) in [7, 11) is 1.58. The van der Waals surface area contributed by atoms with E-state index in [9.17, 15) is 4.79 Å². The van der Waals surface area contributed by atoms with Crippen LogP contribution < -0.4 is 5.48 Å².